The molecule has 3 rings (SSSR count). The minimum atomic E-state index is -1.10. The molecule has 1 amide bonds. The summed E-state index contributed by atoms with van der Waals surface area (Å²) in [5.41, 5.74) is 0.464. The number of para-hydroxylation sites is 1. The van der Waals surface area contributed by atoms with Gasteiger partial charge in [-0.25, -0.2) is 9.18 Å². The molecule has 1 atom stereocenters. The molecule has 1 aliphatic heterocycles. The molecule has 1 fully saturated rings. The van der Waals surface area contributed by atoms with E-state index in [0.29, 0.717) is 31.2 Å². The van der Waals surface area contributed by atoms with Crippen LogP contribution in [-0.4, -0.2) is 36.2 Å². The summed E-state index contributed by atoms with van der Waals surface area (Å²) in [5.74, 6) is -1.11. The second-order valence-corrected chi connectivity index (χ2v) is 8.13. The number of halogens is 2. The molecule has 1 aliphatic rings. The van der Waals surface area contributed by atoms with E-state index in [1.54, 1.807) is 36.4 Å². The van der Waals surface area contributed by atoms with Gasteiger partial charge in [-0.2, -0.15) is 0 Å². The molecular formula is C19H16FIN2O5S. The third-order valence-electron chi connectivity index (χ3n) is 3.78. The molecule has 0 aliphatic carbocycles. The number of carbonyl (C=O) groups is 2. The predicted octanol–water partition coefficient (Wildman–Crippen LogP) is 3.50. The highest BCUT2D eigenvalue weighted by Gasteiger charge is 2.28. The molecule has 152 valence electrons. The first kappa shape index (κ1) is 21.2. The number of carboxylic acid groups (broad SMARTS) is 1. The van der Waals surface area contributed by atoms with Crippen molar-refractivity contribution in [1.82, 2.24) is 5.32 Å². The van der Waals surface area contributed by atoms with E-state index in [2.05, 4.69) is 10.6 Å². The highest BCUT2D eigenvalue weighted by Crippen LogP contribution is 2.36. The Morgan fingerprint density at radius 2 is 2.17 bits per heavy atom. The second kappa shape index (κ2) is 9.35. The Morgan fingerprint density at radius 3 is 2.86 bits per heavy atom. The van der Waals surface area contributed by atoms with Crippen molar-refractivity contribution in [2.75, 3.05) is 19.0 Å². The largest absolute Gasteiger partial charge is 0.493 e. The van der Waals surface area contributed by atoms with Gasteiger partial charge in [-0.3, -0.25) is 4.79 Å². The lowest BCUT2D eigenvalue weighted by Crippen LogP contribution is -2.31. The average Bonchev–Trinajstić information content (AvgIpc) is 3.01. The molecule has 7 nitrogen and oxygen atoms in total. The zero-order valence-corrected chi connectivity index (χ0v) is 18.0. The normalized spacial score (nSPS) is 17.1. The summed E-state index contributed by atoms with van der Waals surface area (Å²) in [6.45, 7) is -0.492. The van der Waals surface area contributed by atoms with Crippen LogP contribution in [0.3, 0.4) is 0 Å². The van der Waals surface area contributed by atoms with E-state index >= 15 is 0 Å². The lowest BCUT2D eigenvalue weighted by molar-refractivity contribution is -0.139. The maximum Gasteiger partial charge on any atom is 0.341 e. The minimum Gasteiger partial charge on any atom is -0.493 e. The third kappa shape index (κ3) is 5.32. The van der Waals surface area contributed by atoms with E-state index in [4.69, 9.17) is 14.6 Å². The summed E-state index contributed by atoms with van der Waals surface area (Å²) in [4.78, 5) is 23.5. The fraction of sp³-hybridized carbons (Fsp3) is 0.158. The lowest BCUT2D eigenvalue weighted by Gasteiger charge is -2.13. The number of hydrogen-bond acceptors (Lipinski definition) is 6. The summed E-state index contributed by atoms with van der Waals surface area (Å²) in [7, 11) is 1.45. The topological polar surface area (TPSA) is 96.9 Å². The minimum absolute atomic E-state index is 0.288. The molecule has 29 heavy (non-hydrogen) atoms. The molecule has 0 saturated carbocycles. The van der Waals surface area contributed by atoms with Crippen LogP contribution in [0, 0.1) is 9.39 Å². The number of anilines is 1. The fourth-order valence-electron chi connectivity index (χ4n) is 2.53. The number of benzene rings is 2. The van der Waals surface area contributed by atoms with Gasteiger partial charge in [-0.15, -0.1) is 0 Å². The number of carbonyl (C=O) groups excluding carboxylic acids is 1. The Bertz CT molecular complexity index is 985. The number of amides is 1. The van der Waals surface area contributed by atoms with Gasteiger partial charge in [0.15, 0.2) is 23.6 Å². The van der Waals surface area contributed by atoms with Crippen molar-refractivity contribution in [3.63, 3.8) is 0 Å². The van der Waals surface area contributed by atoms with Gasteiger partial charge >= 0.3 is 5.97 Å². The zero-order valence-electron chi connectivity index (χ0n) is 15.1. The zero-order chi connectivity index (χ0) is 21.0. The van der Waals surface area contributed by atoms with Crippen LogP contribution in [0.25, 0.3) is 6.08 Å². The van der Waals surface area contributed by atoms with Gasteiger partial charge in [0.25, 0.3) is 5.91 Å². The maximum atomic E-state index is 13.8. The first-order valence-electron chi connectivity index (χ1n) is 8.30. The van der Waals surface area contributed by atoms with Crippen LogP contribution in [0.15, 0.2) is 41.3 Å². The summed E-state index contributed by atoms with van der Waals surface area (Å²) in [6.07, 6.45) is 1.68. The number of nitrogens with one attached hydrogen (secondary N) is 2. The molecule has 0 bridgehead atoms. The number of carboxylic acids is 1. The average molecular weight is 530 g/mol. The van der Waals surface area contributed by atoms with E-state index in [0.717, 1.165) is 0 Å². The van der Waals surface area contributed by atoms with Crippen molar-refractivity contribution >= 4 is 58.0 Å². The van der Waals surface area contributed by atoms with Crippen LogP contribution in [0.5, 0.6) is 11.5 Å². The van der Waals surface area contributed by atoms with Crippen LogP contribution >= 0.6 is 34.4 Å². The van der Waals surface area contributed by atoms with E-state index in [1.165, 1.54) is 24.9 Å². The van der Waals surface area contributed by atoms with Crippen molar-refractivity contribution in [3.8, 4) is 11.5 Å². The molecule has 3 N–H and O–H groups in total. The van der Waals surface area contributed by atoms with E-state index in [1.807, 2.05) is 22.6 Å². The maximum absolute atomic E-state index is 13.8. The molecule has 0 radical (unpaired) electrons. The van der Waals surface area contributed by atoms with E-state index in [-0.39, 0.29) is 5.91 Å². The Balaban J connectivity index is 1.79. The Labute approximate surface area is 183 Å². The number of rotatable bonds is 7. The highest BCUT2D eigenvalue weighted by molar-refractivity contribution is 14.1. The SMILES string of the molecule is COc1cc(/C=C2\SC(Nc3ccccc3F)NC2=O)cc(I)c1OCC(=O)O. The fourth-order valence-corrected chi connectivity index (χ4v) is 4.29. The predicted molar refractivity (Wildman–Crippen MR) is 116 cm³/mol. The first-order chi connectivity index (χ1) is 13.9. The van der Waals surface area contributed by atoms with Gasteiger partial charge in [0.05, 0.1) is 21.3 Å². The molecule has 10 heteroatoms. The van der Waals surface area contributed by atoms with Crippen LogP contribution in [0.2, 0.25) is 0 Å². The van der Waals surface area contributed by atoms with Gasteiger partial charge in [-0.1, -0.05) is 23.9 Å². The smallest absolute Gasteiger partial charge is 0.341 e. The van der Waals surface area contributed by atoms with Crippen LogP contribution in [-0.2, 0) is 9.59 Å². The molecule has 1 heterocycles. The molecular weight excluding hydrogens is 514 g/mol. The van der Waals surface area contributed by atoms with Crippen molar-refractivity contribution < 1.29 is 28.6 Å². The second-order valence-electron chi connectivity index (χ2n) is 5.82. The first-order valence-corrected chi connectivity index (χ1v) is 10.3. The van der Waals surface area contributed by atoms with E-state index in [9.17, 15) is 14.0 Å². The Morgan fingerprint density at radius 1 is 1.41 bits per heavy atom. The Kier molecular flexibility index (Phi) is 6.85. The number of thioether (sulfide) groups is 1. The quantitative estimate of drug-likeness (QED) is 0.373. The van der Waals surface area contributed by atoms with Gasteiger partial charge in [0.1, 0.15) is 5.82 Å². The van der Waals surface area contributed by atoms with E-state index < -0.39 is 23.9 Å². The number of ether oxygens (including phenoxy) is 2. The van der Waals surface area contributed by atoms with Gasteiger partial charge in [0, 0.05) is 0 Å². The van der Waals surface area contributed by atoms with Crippen LogP contribution in [0.1, 0.15) is 5.56 Å². The van der Waals surface area contributed by atoms with Crippen molar-refractivity contribution in [2.24, 2.45) is 0 Å². The number of hydrogen-bond donors (Lipinski definition) is 3. The number of aliphatic carboxylic acids is 1. The van der Waals surface area contributed by atoms with Gasteiger partial charge in [-0.05, 0) is 58.5 Å². The van der Waals surface area contributed by atoms with Gasteiger partial charge in [0.2, 0.25) is 0 Å². The molecule has 0 aromatic heterocycles. The summed E-state index contributed by atoms with van der Waals surface area (Å²) in [5, 5.41) is 14.5. The highest BCUT2D eigenvalue weighted by atomic mass is 127. The molecule has 1 saturated heterocycles. The van der Waals surface area contributed by atoms with Crippen molar-refractivity contribution in [3.05, 3.63) is 56.3 Å². The van der Waals surface area contributed by atoms with Crippen LogP contribution < -0.4 is 20.1 Å². The van der Waals surface area contributed by atoms with Gasteiger partial charge < -0.3 is 25.2 Å². The molecule has 0 spiro atoms. The number of methoxy groups -OCH3 is 1. The summed E-state index contributed by atoms with van der Waals surface area (Å²) >= 11 is 3.23. The summed E-state index contributed by atoms with van der Waals surface area (Å²) < 4.78 is 25.0. The standard InChI is InChI=1S/C19H16FIN2O5S/c1-27-14-7-10(6-12(21)17(14)28-9-16(24)25)8-15-18(26)23-19(29-15)22-13-5-3-2-4-11(13)20/h2-8,19,22H,9H2,1H3,(H,23,26)(H,24,25)/b15-8-. The van der Waals surface area contributed by atoms with Crippen LogP contribution in [0.4, 0.5) is 10.1 Å². The van der Waals surface area contributed by atoms with Crippen molar-refractivity contribution in [1.29, 1.82) is 0 Å². The third-order valence-corrected chi connectivity index (χ3v) is 5.61. The monoisotopic (exact) mass is 530 g/mol. The molecule has 2 aromatic rings. The molecule has 1 unspecified atom stereocenters. The molecule has 2 aromatic carbocycles. The Hall–Kier alpha value is -2.47. The lowest BCUT2D eigenvalue weighted by atomic mass is 10.2. The summed E-state index contributed by atoms with van der Waals surface area (Å²) in [6, 6.07) is 9.61. The van der Waals surface area contributed by atoms with Crippen molar-refractivity contribution in [2.45, 2.75) is 5.50 Å².